The average Bonchev–Trinajstić information content (AvgIpc) is 2.96. The van der Waals surface area contributed by atoms with E-state index in [9.17, 15) is 14.4 Å². The molecule has 206 valence electrons. The Kier molecular flexibility index (Phi) is 8.29. The monoisotopic (exact) mass is 590 g/mol. The van der Waals surface area contributed by atoms with Crippen molar-refractivity contribution in [2.24, 2.45) is 5.73 Å². The minimum Gasteiger partial charge on any atom is -0.489 e. The molecule has 7 nitrogen and oxygen atoms in total. The van der Waals surface area contributed by atoms with Crippen LogP contribution in [-0.4, -0.2) is 12.6 Å². The summed E-state index contributed by atoms with van der Waals surface area (Å²) >= 11 is 12.2. The van der Waals surface area contributed by atoms with Crippen molar-refractivity contribution in [2.45, 2.75) is 12.5 Å². The van der Waals surface area contributed by atoms with Gasteiger partial charge in [-0.05, 0) is 60.2 Å². The van der Waals surface area contributed by atoms with E-state index in [1.165, 1.54) is 30.3 Å². The van der Waals surface area contributed by atoms with E-state index in [0.717, 1.165) is 11.1 Å². The molecule has 0 amide bonds. The number of hydrogen-bond donors (Lipinski definition) is 1. The SMILES string of the molecule is N#CC1=C(N)Oc2cc(OC(=O)COc3ccc(F)cc3)ccc2C1c1ccc(OCc2ccc(Cl)cc2Cl)cc1. The lowest BCUT2D eigenvalue weighted by atomic mass is 9.83. The molecule has 0 saturated heterocycles. The molecule has 0 bridgehead atoms. The Labute approximate surface area is 245 Å². The fourth-order valence-electron chi connectivity index (χ4n) is 4.23. The number of nitriles is 1. The smallest absolute Gasteiger partial charge is 0.349 e. The molecule has 4 aromatic rings. The van der Waals surface area contributed by atoms with Gasteiger partial charge >= 0.3 is 5.97 Å². The van der Waals surface area contributed by atoms with Crippen molar-refractivity contribution in [1.82, 2.24) is 0 Å². The van der Waals surface area contributed by atoms with Gasteiger partial charge < -0.3 is 24.7 Å². The van der Waals surface area contributed by atoms with Gasteiger partial charge in [-0.25, -0.2) is 9.18 Å². The maximum Gasteiger partial charge on any atom is 0.349 e. The minimum absolute atomic E-state index is 0.0502. The van der Waals surface area contributed by atoms with Crippen LogP contribution >= 0.6 is 23.2 Å². The molecule has 1 aliphatic heterocycles. The molecule has 41 heavy (non-hydrogen) atoms. The van der Waals surface area contributed by atoms with Crippen molar-refractivity contribution in [3.63, 3.8) is 0 Å². The molecule has 0 saturated carbocycles. The normalized spacial score (nSPS) is 14.0. The molecule has 1 heterocycles. The van der Waals surface area contributed by atoms with Crippen molar-refractivity contribution in [2.75, 3.05) is 6.61 Å². The van der Waals surface area contributed by atoms with Crippen LogP contribution in [0.4, 0.5) is 4.39 Å². The summed E-state index contributed by atoms with van der Waals surface area (Å²) in [6.07, 6.45) is 0. The van der Waals surface area contributed by atoms with Gasteiger partial charge in [0.2, 0.25) is 5.88 Å². The third-order valence-corrected chi connectivity index (χ3v) is 6.80. The standard InChI is InChI=1S/C31H21Cl2FN2O5/c32-20-4-1-19(27(33)13-20)16-38-22-7-2-18(3-8-22)30-25-12-11-24(14-28(25)41-31(36)26(30)15-35)40-29(37)17-39-23-9-5-21(34)6-10-23/h1-14,30H,16-17,36H2. The predicted molar refractivity (Wildman–Crippen MR) is 151 cm³/mol. The van der Waals surface area contributed by atoms with Crippen LogP contribution in [0.2, 0.25) is 10.0 Å². The quantitative estimate of drug-likeness (QED) is 0.175. The van der Waals surface area contributed by atoms with E-state index >= 15 is 0 Å². The second kappa shape index (κ2) is 12.2. The van der Waals surface area contributed by atoms with Crippen LogP contribution in [0, 0.1) is 17.1 Å². The Balaban J connectivity index is 1.30. The van der Waals surface area contributed by atoms with Crippen molar-refractivity contribution < 1.29 is 28.1 Å². The van der Waals surface area contributed by atoms with Crippen molar-refractivity contribution in [3.05, 3.63) is 129 Å². The zero-order valence-electron chi connectivity index (χ0n) is 21.3. The number of ether oxygens (including phenoxy) is 4. The summed E-state index contributed by atoms with van der Waals surface area (Å²) in [5.74, 6) is -0.176. The van der Waals surface area contributed by atoms with Crippen LogP contribution in [0.25, 0.3) is 0 Å². The topological polar surface area (TPSA) is 104 Å². The summed E-state index contributed by atoms with van der Waals surface area (Å²) in [4.78, 5) is 12.3. The van der Waals surface area contributed by atoms with E-state index in [4.69, 9.17) is 47.9 Å². The zero-order valence-corrected chi connectivity index (χ0v) is 22.8. The summed E-state index contributed by atoms with van der Waals surface area (Å²) in [5.41, 5.74) is 8.59. The number of carbonyl (C=O) groups excluding carboxylic acids is 1. The number of nitrogens with zero attached hydrogens (tertiary/aromatic N) is 1. The van der Waals surface area contributed by atoms with Gasteiger partial charge in [-0.2, -0.15) is 5.26 Å². The van der Waals surface area contributed by atoms with Gasteiger partial charge in [-0.1, -0.05) is 47.5 Å². The predicted octanol–water partition coefficient (Wildman–Crippen LogP) is 6.91. The van der Waals surface area contributed by atoms with Gasteiger partial charge in [0.1, 0.15) is 47.1 Å². The molecule has 0 spiro atoms. The van der Waals surface area contributed by atoms with Crippen LogP contribution in [0.5, 0.6) is 23.0 Å². The molecule has 2 N–H and O–H groups in total. The number of fused-ring (bicyclic) bond motifs is 1. The first-order valence-corrected chi connectivity index (χ1v) is 13.0. The average molecular weight is 591 g/mol. The Bertz CT molecular complexity index is 1670. The third-order valence-electron chi connectivity index (χ3n) is 6.22. The molecule has 4 aromatic carbocycles. The minimum atomic E-state index is -0.668. The molecular formula is C31H21Cl2FN2O5. The lowest BCUT2D eigenvalue weighted by Crippen LogP contribution is -2.21. The molecule has 5 rings (SSSR count). The Hall–Kier alpha value is -4.71. The van der Waals surface area contributed by atoms with E-state index in [0.29, 0.717) is 32.9 Å². The van der Waals surface area contributed by atoms with E-state index in [2.05, 4.69) is 6.07 Å². The fraction of sp³-hybridized carbons (Fsp3) is 0.0968. The number of benzene rings is 4. The van der Waals surface area contributed by atoms with E-state index < -0.39 is 17.7 Å². The van der Waals surface area contributed by atoms with Crippen molar-refractivity contribution >= 4 is 29.2 Å². The highest BCUT2D eigenvalue weighted by molar-refractivity contribution is 6.35. The molecule has 1 unspecified atom stereocenters. The summed E-state index contributed by atoms with van der Waals surface area (Å²) < 4.78 is 35.3. The van der Waals surface area contributed by atoms with Gasteiger partial charge in [0.15, 0.2) is 6.61 Å². The van der Waals surface area contributed by atoms with Crippen molar-refractivity contribution in [1.29, 1.82) is 5.26 Å². The summed E-state index contributed by atoms with van der Waals surface area (Å²) in [7, 11) is 0. The Morgan fingerprint density at radius 2 is 1.61 bits per heavy atom. The summed E-state index contributed by atoms with van der Waals surface area (Å²) in [5, 5.41) is 10.9. The maximum atomic E-state index is 13.0. The fourth-order valence-corrected chi connectivity index (χ4v) is 4.70. The van der Waals surface area contributed by atoms with Gasteiger partial charge in [-0.3, -0.25) is 0 Å². The molecule has 10 heteroatoms. The third kappa shape index (κ3) is 6.55. The van der Waals surface area contributed by atoms with Gasteiger partial charge in [0.25, 0.3) is 0 Å². The lowest BCUT2D eigenvalue weighted by Gasteiger charge is -2.26. The molecule has 1 aliphatic rings. The molecule has 0 aromatic heterocycles. The van der Waals surface area contributed by atoms with E-state index in [1.54, 1.807) is 42.5 Å². The van der Waals surface area contributed by atoms with E-state index in [1.807, 2.05) is 12.1 Å². The summed E-state index contributed by atoms with van der Waals surface area (Å²) in [6, 6.07) is 24.7. The lowest BCUT2D eigenvalue weighted by molar-refractivity contribution is -0.136. The van der Waals surface area contributed by atoms with Crippen LogP contribution in [0.3, 0.4) is 0 Å². The number of esters is 1. The number of halogens is 3. The Morgan fingerprint density at radius 1 is 0.927 bits per heavy atom. The largest absolute Gasteiger partial charge is 0.489 e. The van der Waals surface area contributed by atoms with Crippen LogP contribution in [-0.2, 0) is 11.4 Å². The molecule has 1 atom stereocenters. The molecule has 0 fully saturated rings. The highest BCUT2D eigenvalue weighted by atomic mass is 35.5. The van der Waals surface area contributed by atoms with Crippen molar-refractivity contribution in [3.8, 4) is 29.1 Å². The van der Waals surface area contributed by atoms with Crippen LogP contribution in [0.15, 0.2) is 96.4 Å². The summed E-state index contributed by atoms with van der Waals surface area (Å²) in [6.45, 7) is -0.131. The Morgan fingerprint density at radius 3 is 2.32 bits per heavy atom. The van der Waals surface area contributed by atoms with Gasteiger partial charge in [-0.15, -0.1) is 0 Å². The first-order valence-electron chi connectivity index (χ1n) is 12.3. The van der Waals surface area contributed by atoms with E-state index in [-0.39, 0.29) is 30.4 Å². The molecule has 0 radical (unpaired) electrons. The highest BCUT2D eigenvalue weighted by Gasteiger charge is 2.31. The highest BCUT2D eigenvalue weighted by Crippen LogP contribution is 2.43. The van der Waals surface area contributed by atoms with Gasteiger partial charge in [0.05, 0.1) is 5.92 Å². The first-order chi connectivity index (χ1) is 19.8. The number of nitrogens with two attached hydrogens (primary N) is 1. The number of allylic oxidation sites excluding steroid dienone is 1. The molecule has 0 aliphatic carbocycles. The second-order valence-corrected chi connectivity index (χ2v) is 9.78. The van der Waals surface area contributed by atoms with Crippen LogP contribution in [0.1, 0.15) is 22.6 Å². The van der Waals surface area contributed by atoms with Gasteiger partial charge in [0, 0.05) is 27.2 Å². The number of rotatable bonds is 8. The number of hydrogen-bond acceptors (Lipinski definition) is 7. The maximum absolute atomic E-state index is 13.0. The zero-order chi connectivity index (χ0) is 28.9. The second-order valence-electron chi connectivity index (χ2n) is 8.93. The molecular weight excluding hydrogens is 570 g/mol. The first kappa shape index (κ1) is 27.8. The number of carbonyl (C=O) groups is 1. The van der Waals surface area contributed by atoms with Crippen LogP contribution < -0.4 is 24.7 Å².